The maximum absolute atomic E-state index is 9.33. The van der Waals surface area contributed by atoms with Gasteiger partial charge in [0.15, 0.2) is 0 Å². The molecule has 1 fully saturated rings. The molecule has 0 aliphatic heterocycles. The van der Waals surface area contributed by atoms with E-state index in [1.165, 1.54) is 0 Å². The Morgan fingerprint density at radius 3 is 2.86 bits per heavy atom. The zero-order chi connectivity index (χ0) is 10.2. The quantitative estimate of drug-likeness (QED) is 0.726. The van der Waals surface area contributed by atoms with Crippen LogP contribution in [0.25, 0.3) is 0 Å². The van der Waals surface area contributed by atoms with E-state index in [9.17, 15) is 5.11 Å². The van der Waals surface area contributed by atoms with Crippen LogP contribution in [0.1, 0.15) is 18.7 Å². The maximum atomic E-state index is 9.33. The summed E-state index contributed by atoms with van der Waals surface area (Å²) < 4.78 is 2.01. The molecule has 3 N–H and O–H groups in total. The molecule has 0 aromatic carbocycles. The van der Waals surface area contributed by atoms with Crippen LogP contribution < -0.4 is 5.73 Å². The van der Waals surface area contributed by atoms with Crippen molar-refractivity contribution >= 4 is 0 Å². The molecule has 1 aromatic rings. The number of imidazole rings is 1. The van der Waals surface area contributed by atoms with E-state index in [-0.39, 0.29) is 6.61 Å². The first-order chi connectivity index (χ1) is 6.65. The molecule has 0 spiro atoms. The molecule has 1 unspecified atom stereocenters. The topological polar surface area (TPSA) is 64.1 Å². The third kappa shape index (κ3) is 1.67. The Morgan fingerprint density at radius 2 is 2.43 bits per heavy atom. The highest BCUT2D eigenvalue weighted by molar-refractivity contribution is 5.01. The number of nitrogens with two attached hydrogens (primary N) is 1. The molecule has 14 heavy (non-hydrogen) atoms. The van der Waals surface area contributed by atoms with Crippen molar-refractivity contribution in [1.82, 2.24) is 9.55 Å². The van der Waals surface area contributed by atoms with Gasteiger partial charge in [0.25, 0.3) is 0 Å². The van der Waals surface area contributed by atoms with E-state index in [1.54, 1.807) is 6.20 Å². The molecule has 0 amide bonds. The van der Waals surface area contributed by atoms with Crippen molar-refractivity contribution in [3.05, 3.63) is 18.2 Å². The molecule has 2 rings (SSSR count). The third-order valence-corrected chi connectivity index (χ3v) is 3.07. The Hall–Kier alpha value is -0.870. The summed E-state index contributed by atoms with van der Waals surface area (Å²) in [5.74, 6) is 1.43. The van der Waals surface area contributed by atoms with Gasteiger partial charge in [0.2, 0.25) is 0 Å². The normalized spacial score (nSPS) is 20.8. The maximum Gasteiger partial charge on any atom is 0.105 e. The van der Waals surface area contributed by atoms with E-state index >= 15 is 0 Å². The molecule has 1 saturated carbocycles. The predicted molar refractivity (Wildman–Crippen MR) is 53.7 cm³/mol. The van der Waals surface area contributed by atoms with Crippen LogP contribution in [0.5, 0.6) is 0 Å². The van der Waals surface area contributed by atoms with Gasteiger partial charge >= 0.3 is 0 Å². The Kier molecular flexibility index (Phi) is 2.33. The molecule has 0 saturated heterocycles. The molecular weight excluding hydrogens is 178 g/mol. The van der Waals surface area contributed by atoms with Crippen LogP contribution in [0.4, 0.5) is 0 Å². The minimum absolute atomic E-state index is 0.0509. The van der Waals surface area contributed by atoms with Crippen LogP contribution in [-0.2, 0) is 6.54 Å². The van der Waals surface area contributed by atoms with Crippen molar-refractivity contribution in [2.45, 2.75) is 31.8 Å². The second kappa shape index (κ2) is 3.37. The highest BCUT2D eigenvalue weighted by Gasteiger charge is 2.42. The minimum Gasteiger partial charge on any atom is -0.394 e. The molecule has 1 heterocycles. The lowest BCUT2D eigenvalue weighted by molar-refractivity contribution is 0.158. The average molecular weight is 195 g/mol. The second-order valence-corrected chi connectivity index (χ2v) is 4.27. The molecule has 4 heteroatoms. The summed E-state index contributed by atoms with van der Waals surface area (Å²) in [6.07, 6.45) is 5.96. The third-order valence-electron chi connectivity index (χ3n) is 3.07. The van der Waals surface area contributed by atoms with Gasteiger partial charge < -0.3 is 15.4 Å². The first-order valence-corrected chi connectivity index (χ1v) is 5.03. The number of aromatic nitrogens is 2. The first kappa shape index (κ1) is 9.68. The monoisotopic (exact) mass is 195 g/mol. The van der Waals surface area contributed by atoms with E-state index in [0.29, 0.717) is 12.5 Å². The minimum atomic E-state index is -0.453. The number of hydrogen-bond donors (Lipinski definition) is 2. The van der Waals surface area contributed by atoms with Crippen LogP contribution in [0.15, 0.2) is 12.4 Å². The lowest BCUT2D eigenvalue weighted by atomic mass is 9.95. The zero-order valence-electron chi connectivity index (χ0n) is 8.48. The molecule has 4 nitrogen and oxygen atoms in total. The van der Waals surface area contributed by atoms with Crippen molar-refractivity contribution in [3.63, 3.8) is 0 Å². The van der Waals surface area contributed by atoms with Crippen LogP contribution in [0.2, 0.25) is 0 Å². The van der Waals surface area contributed by atoms with Crippen molar-refractivity contribution in [1.29, 1.82) is 0 Å². The van der Waals surface area contributed by atoms with Gasteiger partial charge in [-0.15, -0.1) is 0 Å². The summed E-state index contributed by atoms with van der Waals surface area (Å²) in [6, 6.07) is 0. The van der Waals surface area contributed by atoms with Gasteiger partial charge in [-0.2, -0.15) is 0 Å². The van der Waals surface area contributed by atoms with Crippen molar-refractivity contribution in [2.24, 2.45) is 11.7 Å². The van der Waals surface area contributed by atoms with Crippen molar-refractivity contribution in [3.8, 4) is 0 Å². The number of aryl methyl sites for hydroxylation is 1. The molecule has 1 aliphatic rings. The van der Waals surface area contributed by atoms with E-state index in [2.05, 4.69) is 4.98 Å². The largest absolute Gasteiger partial charge is 0.394 e. The molecule has 1 aromatic heterocycles. The predicted octanol–water partition coefficient (Wildman–Crippen LogP) is 0.291. The summed E-state index contributed by atoms with van der Waals surface area (Å²) >= 11 is 0. The highest BCUT2D eigenvalue weighted by atomic mass is 16.3. The van der Waals surface area contributed by atoms with Crippen LogP contribution in [-0.4, -0.2) is 26.8 Å². The SMILES string of the molecule is Cc1nccn1CC(N)(CO)C1CC1. The average Bonchev–Trinajstić information content (AvgIpc) is 2.95. The zero-order valence-corrected chi connectivity index (χ0v) is 8.48. The van der Waals surface area contributed by atoms with Crippen LogP contribution >= 0.6 is 0 Å². The molecule has 78 valence electrons. The van der Waals surface area contributed by atoms with Gasteiger partial charge in [-0.3, -0.25) is 0 Å². The van der Waals surface area contributed by atoms with Crippen molar-refractivity contribution < 1.29 is 5.11 Å². The fraction of sp³-hybridized carbons (Fsp3) is 0.700. The first-order valence-electron chi connectivity index (χ1n) is 5.03. The summed E-state index contributed by atoms with van der Waals surface area (Å²) in [5, 5.41) is 9.33. The van der Waals surface area contributed by atoms with Gasteiger partial charge in [-0.25, -0.2) is 4.98 Å². The van der Waals surface area contributed by atoms with E-state index in [0.717, 1.165) is 18.7 Å². The summed E-state index contributed by atoms with van der Waals surface area (Å²) in [4.78, 5) is 4.14. The molecular formula is C10H17N3O. The summed E-state index contributed by atoms with van der Waals surface area (Å²) in [6.45, 7) is 2.67. The number of aliphatic hydroxyl groups is 1. The van der Waals surface area contributed by atoms with E-state index < -0.39 is 5.54 Å². The second-order valence-electron chi connectivity index (χ2n) is 4.27. The number of hydrogen-bond acceptors (Lipinski definition) is 3. The van der Waals surface area contributed by atoms with Gasteiger partial charge in [0.05, 0.1) is 12.1 Å². The van der Waals surface area contributed by atoms with Gasteiger partial charge in [-0.05, 0) is 25.7 Å². The lowest BCUT2D eigenvalue weighted by Gasteiger charge is -2.28. The number of rotatable bonds is 4. The molecule has 0 bridgehead atoms. The van der Waals surface area contributed by atoms with E-state index in [4.69, 9.17) is 5.73 Å². The molecule has 0 radical (unpaired) electrons. The lowest BCUT2D eigenvalue weighted by Crippen LogP contribution is -2.49. The Balaban J connectivity index is 2.11. The Morgan fingerprint density at radius 1 is 1.71 bits per heavy atom. The highest BCUT2D eigenvalue weighted by Crippen LogP contribution is 2.38. The smallest absolute Gasteiger partial charge is 0.105 e. The van der Waals surface area contributed by atoms with Crippen LogP contribution in [0, 0.1) is 12.8 Å². The van der Waals surface area contributed by atoms with Crippen LogP contribution in [0.3, 0.4) is 0 Å². The summed E-state index contributed by atoms with van der Waals surface area (Å²) in [7, 11) is 0. The molecule has 1 atom stereocenters. The Labute approximate surface area is 83.8 Å². The van der Waals surface area contributed by atoms with Gasteiger partial charge in [-0.1, -0.05) is 0 Å². The number of nitrogens with zero attached hydrogens (tertiary/aromatic N) is 2. The fourth-order valence-corrected chi connectivity index (χ4v) is 1.85. The van der Waals surface area contributed by atoms with E-state index in [1.807, 2.05) is 17.7 Å². The molecule has 1 aliphatic carbocycles. The number of aliphatic hydroxyl groups excluding tert-OH is 1. The summed E-state index contributed by atoms with van der Waals surface area (Å²) in [5.41, 5.74) is 5.71. The van der Waals surface area contributed by atoms with Gasteiger partial charge in [0, 0.05) is 18.9 Å². The van der Waals surface area contributed by atoms with Crippen molar-refractivity contribution in [2.75, 3.05) is 6.61 Å². The standard InChI is InChI=1S/C10H17N3O/c1-8-12-4-5-13(8)6-10(11,7-14)9-2-3-9/h4-5,9,14H,2-3,6-7,11H2,1H3. The Bertz CT molecular complexity index is 319. The van der Waals surface area contributed by atoms with Gasteiger partial charge in [0.1, 0.15) is 5.82 Å². The fourth-order valence-electron chi connectivity index (χ4n) is 1.85.